The quantitative estimate of drug-likeness (QED) is 0.689. The summed E-state index contributed by atoms with van der Waals surface area (Å²) in [4.78, 5) is 12.2. The fraction of sp³-hybridized carbons (Fsp3) is 0.846. The van der Waals surface area contributed by atoms with Gasteiger partial charge in [0.2, 0.25) is 5.91 Å². The average Bonchev–Trinajstić information content (AvgIpc) is 2.36. The van der Waals surface area contributed by atoms with E-state index in [9.17, 15) is 4.79 Å². The molecule has 1 amide bonds. The molecule has 1 aliphatic rings. The van der Waals surface area contributed by atoms with Crippen molar-refractivity contribution in [2.75, 3.05) is 19.6 Å². The smallest absolute Gasteiger partial charge is 0.227 e. The number of nitrogens with one attached hydrogen (secondary N) is 2. The number of carbonyl (C=O) groups is 1. The predicted octanol–water partition coefficient (Wildman–Crippen LogP) is 1.58. The first kappa shape index (κ1) is 14.0. The molecule has 17 heavy (non-hydrogen) atoms. The molecular weight excluding hydrogens is 214 g/mol. The standard InChI is InChI=1S/C13H23N3O/c1-2-6-13(7-5-9-15-11-13)12(17)16-10-4-3-8-14/h15H,2-7,9-11H2,1H3,(H,16,17). The van der Waals surface area contributed by atoms with Crippen LogP contribution >= 0.6 is 0 Å². The first-order valence-corrected chi connectivity index (χ1v) is 6.61. The van der Waals surface area contributed by atoms with E-state index in [0.717, 1.165) is 45.2 Å². The Kier molecular flexibility index (Phi) is 5.99. The maximum absolute atomic E-state index is 12.2. The third kappa shape index (κ3) is 4.01. The average molecular weight is 237 g/mol. The van der Waals surface area contributed by atoms with Gasteiger partial charge in [-0.05, 0) is 32.2 Å². The Labute approximate surface area is 104 Å². The van der Waals surface area contributed by atoms with E-state index in [1.807, 2.05) is 0 Å². The summed E-state index contributed by atoms with van der Waals surface area (Å²) in [6.45, 7) is 4.56. The van der Waals surface area contributed by atoms with E-state index in [2.05, 4.69) is 23.6 Å². The van der Waals surface area contributed by atoms with Gasteiger partial charge in [0, 0.05) is 19.5 Å². The summed E-state index contributed by atoms with van der Waals surface area (Å²) in [6, 6.07) is 2.09. The van der Waals surface area contributed by atoms with Gasteiger partial charge in [-0.3, -0.25) is 4.79 Å². The van der Waals surface area contributed by atoms with Gasteiger partial charge in [0.05, 0.1) is 11.5 Å². The van der Waals surface area contributed by atoms with Crippen molar-refractivity contribution in [2.45, 2.75) is 45.4 Å². The van der Waals surface area contributed by atoms with Crippen molar-refractivity contribution >= 4 is 5.91 Å². The Hall–Kier alpha value is -1.08. The molecule has 1 aliphatic heterocycles. The number of nitriles is 1. The van der Waals surface area contributed by atoms with Crippen LogP contribution in [0.3, 0.4) is 0 Å². The summed E-state index contributed by atoms with van der Waals surface area (Å²) in [5.41, 5.74) is -0.209. The molecule has 0 aromatic rings. The maximum atomic E-state index is 12.2. The van der Waals surface area contributed by atoms with Crippen molar-refractivity contribution in [1.29, 1.82) is 5.26 Å². The largest absolute Gasteiger partial charge is 0.356 e. The molecule has 0 aromatic carbocycles. The lowest BCUT2D eigenvalue weighted by atomic mass is 9.76. The number of rotatable bonds is 6. The van der Waals surface area contributed by atoms with Crippen LogP contribution in [0.15, 0.2) is 0 Å². The highest BCUT2D eigenvalue weighted by Gasteiger charge is 2.38. The van der Waals surface area contributed by atoms with Gasteiger partial charge < -0.3 is 10.6 Å². The van der Waals surface area contributed by atoms with Crippen molar-refractivity contribution in [3.05, 3.63) is 0 Å². The lowest BCUT2D eigenvalue weighted by Gasteiger charge is -2.36. The Balaban J connectivity index is 2.45. The van der Waals surface area contributed by atoms with Gasteiger partial charge in [0.15, 0.2) is 0 Å². The van der Waals surface area contributed by atoms with Crippen LogP contribution < -0.4 is 10.6 Å². The van der Waals surface area contributed by atoms with E-state index >= 15 is 0 Å². The van der Waals surface area contributed by atoms with Crippen LogP contribution in [0.5, 0.6) is 0 Å². The van der Waals surface area contributed by atoms with Crippen molar-refractivity contribution in [2.24, 2.45) is 5.41 Å². The Morgan fingerprint density at radius 2 is 2.41 bits per heavy atom. The van der Waals surface area contributed by atoms with E-state index in [0.29, 0.717) is 13.0 Å². The summed E-state index contributed by atoms with van der Waals surface area (Å²) in [6.07, 6.45) is 5.30. The molecule has 1 rings (SSSR count). The van der Waals surface area contributed by atoms with E-state index in [1.54, 1.807) is 0 Å². The molecule has 0 bridgehead atoms. The molecule has 0 spiro atoms. The second-order valence-electron chi connectivity index (χ2n) is 4.83. The molecule has 1 unspecified atom stereocenters. The van der Waals surface area contributed by atoms with Crippen molar-refractivity contribution in [1.82, 2.24) is 10.6 Å². The molecule has 1 atom stereocenters. The number of hydrogen-bond acceptors (Lipinski definition) is 3. The molecule has 0 radical (unpaired) electrons. The van der Waals surface area contributed by atoms with E-state index < -0.39 is 0 Å². The third-order valence-corrected chi connectivity index (χ3v) is 3.43. The van der Waals surface area contributed by atoms with Crippen molar-refractivity contribution in [3.8, 4) is 6.07 Å². The maximum Gasteiger partial charge on any atom is 0.227 e. The predicted molar refractivity (Wildman–Crippen MR) is 67.3 cm³/mol. The zero-order valence-corrected chi connectivity index (χ0v) is 10.7. The Morgan fingerprint density at radius 1 is 1.59 bits per heavy atom. The molecule has 0 aliphatic carbocycles. The zero-order valence-electron chi connectivity index (χ0n) is 10.7. The van der Waals surface area contributed by atoms with Crippen LogP contribution in [0.25, 0.3) is 0 Å². The monoisotopic (exact) mass is 237 g/mol. The highest BCUT2D eigenvalue weighted by molar-refractivity contribution is 5.83. The molecule has 4 heteroatoms. The van der Waals surface area contributed by atoms with E-state index in [4.69, 9.17) is 5.26 Å². The minimum Gasteiger partial charge on any atom is -0.356 e. The van der Waals surface area contributed by atoms with Crippen LogP contribution in [0.1, 0.15) is 45.4 Å². The fourth-order valence-electron chi connectivity index (χ4n) is 2.52. The van der Waals surface area contributed by atoms with Crippen molar-refractivity contribution in [3.63, 3.8) is 0 Å². The van der Waals surface area contributed by atoms with Gasteiger partial charge in [0.1, 0.15) is 0 Å². The second kappa shape index (κ2) is 7.29. The minimum absolute atomic E-state index is 0.171. The molecule has 4 nitrogen and oxygen atoms in total. The third-order valence-electron chi connectivity index (χ3n) is 3.43. The Morgan fingerprint density at radius 3 is 3.00 bits per heavy atom. The van der Waals surface area contributed by atoms with Crippen LogP contribution in [-0.2, 0) is 4.79 Å². The highest BCUT2D eigenvalue weighted by Crippen LogP contribution is 2.31. The first-order chi connectivity index (χ1) is 8.25. The summed E-state index contributed by atoms with van der Waals surface area (Å²) < 4.78 is 0. The van der Waals surface area contributed by atoms with E-state index in [-0.39, 0.29) is 11.3 Å². The molecule has 0 aromatic heterocycles. The number of unbranched alkanes of at least 4 members (excludes halogenated alkanes) is 1. The van der Waals surface area contributed by atoms with Gasteiger partial charge in [0.25, 0.3) is 0 Å². The van der Waals surface area contributed by atoms with Gasteiger partial charge in [-0.15, -0.1) is 0 Å². The molecule has 0 saturated carbocycles. The summed E-state index contributed by atoms with van der Waals surface area (Å²) in [5.74, 6) is 0.171. The SMILES string of the molecule is CCCC1(C(=O)NCCCC#N)CCCNC1. The summed E-state index contributed by atoms with van der Waals surface area (Å²) in [7, 11) is 0. The van der Waals surface area contributed by atoms with Gasteiger partial charge >= 0.3 is 0 Å². The highest BCUT2D eigenvalue weighted by atomic mass is 16.2. The van der Waals surface area contributed by atoms with Crippen molar-refractivity contribution < 1.29 is 4.79 Å². The number of hydrogen-bond donors (Lipinski definition) is 2. The summed E-state index contributed by atoms with van der Waals surface area (Å²) >= 11 is 0. The lowest BCUT2D eigenvalue weighted by Crippen LogP contribution is -2.50. The fourth-order valence-corrected chi connectivity index (χ4v) is 2.52. The molecule has 1 saturated heterocycles. The summed E-state index contributed by atoms with van der Waals surface area (Å²) in [5, 5.41) is 14.8. The number of nitrogens with zero attached hydrogens (tertiary/aromatic N) is 1. The second-order valence-corrected chi connectivity index (χ2v) is 4.83. The van der Waals surface area contributed by atoms with Crippen LogP contribution in [-0.4, -0.2) is 25.5 Å². The number of carbonyl (C=O) groups excluding carboxylic acids is 1. The lowest BCUT2D eigenvalue weighted by molar-refractivity contribution is -0.132. The molecule has 1 fully saturated rings. The zero-order chi connectivity index (χ0) is 12.6. The number of piperidine rings is 1. The van der Waals surface area contributed by atoms with Gasteiger partial charge in [-0.2, -0.15) is 5.26 Å². The molecule has 2 N–H and O–H groups in total. The normalized spacial score (nSPS) is 24.0. The van der Waals surface area contributed by atoms with Crippen LogP contribution in [0, 0.1) is 16.7 Å². The van der Waals surface area contributed by atoms with Crippen LogP contribution in [0.4, 0.5) is 0 Å². The van der Waals surface area contributed by atoms with Gasteiger partial charge in [-0.1, -0.05) is 13.3 Å². The van der Waals surface area contributed by atoms with E-state index in [1.165, 1.54) is 0 Å². The topological polar surface area (TPSA) is 64.9 Å². The number of amides is 1. The van der Waals surface area contributed by atoms with Gasteiger partial charge in [-0.25, -0.2) is 0 Å². The minimum atomic E-state index is -0.209. The Bertz CT molecular complexity index is 271. The first-order valence-electron chi connectivity index (χ1n) is 6.61. The van der Waals surface area contributed by atoms with Crippen LogP contribution in [0.2, 0.25) is 0 Å². The molecular formula is C13H23N3O. The molecule has 96 valence electrons. The molecule has 1 heterocycles.